The largest absolute Gasteiger partial charge is 0.310 e. The highest BCUT2D eigenvalue weighted by molar-refractivity contribution is 5.28. The summed E-state index contributed by atoms with van der Waals surface area (Å²) in [6, 6.07) is 9.77. The number of rotatable bonds is 5. The van der Waals surface area contributed by atoms with Crippen LogP contribution in [0.2, 0.25) is 0 Å². The molecule has 1 atom stereocenters. The van der Waals surface area contributed by atoms with Gasteiger partial charge in [0.05, 0.1) is 0 Å². The molecule has 1 nitrogen and oxygen atoms in total. The molecule has 0 saturated heterocycles. The highest BCUT2D eigenvalue weighted by Crippen LogP contribution is 2.41. The van der Waals surface area contributed by atoms with Crippen LogP contribution in [0.1, 0.15) is 56.7 Å². The average Bonchev–Trinajstić information content (AvgIpc) is 3.10. The zero-order valence-corrected chi connectivity index (χ0v) is 10.7. The fourth-order valence-corrected chi connectivity index (χ4v) is 2.29. The van der Waals surface area contributed by atoms with E-state index in [4.69, 9.17) is 0 Å². The number of hydrogen-bond acceptors (Lipinski definition) is 1. The van der Waals surface area contributed by atoms with Crippen molar-refractivity contribution in [1.82, 2.24) is 5.32 Å². The molecular weight excluding hydrogens is 194 g/mol. The van der Waals surface area contributed by atoms with Crippen molar-refractivity contribution in [2.24, 2.45) is 5.92 Å². The van der Waals surface area contributed by atoms with Crippen LogP contribution in [0.3, 0.4) is 0 Å². The van der Waals surface area contributed by atoms with Crippen LogP contribution in [0.25, 0.3) is 0 Å². The summed E-state index contributed by atoms with van der Waals surface area (Å²) in [5.74, 6) is 1.51. The van der Waals surface area contributed by atoms with Crippen LogP contribution in [0.5, 0.6) is 0 Å². The van der Waals surface area contributed by atoms with Gasteiger partial charge in [-0.25, -0.2) is 0 Å². The van der Waals surface area contributed by atoms with Gasteiger partial charge in [-0.1, -0.05) is 45.0 Å². The summed E-state index contributed by atoms with van der Waals surface area (Å²) in [5.41, 5.74) is 2.91. The van der Waals surface area contributed by atoms with E-state index in [-0.39, 0.29) is 0 Å². The van der Waals surface area contributed by atoms with E-state index in [2.05, 4.69) is 50.4 Å². The monoisotopic (exact) mass is 217 g/mol. The normalized spacial score (nSPS) is 17.8. The Kier molecular flexibility index (Phi) is 3.65. The second-order valence-corrected chi connectivity index (χ2v) is 5.19. The van der Waals surface area contributed by atoms with Crippen molar-refractivity contribution in [3.63, 3.8) is 0 Å². The smallest absolute Gasteiger partial charge is 0.0348 e. The molecule has 1 aromatic rings. The Morgan fingerprint density at radius 1 is 1.12 bits per heavy atom. The Morgan fingerprint density at radius 3 is 2.12 bits per heavy atom. The van der Waals surface area contributed by atoms with E-state index in [9.17, 15) is 0 Å². The van der Waals surface area contributed by atoms with Crippen molar-refractivity contribution in [2.75, 3.05) is 6.54 Å². The van der Waals surface area contributed by atoms with Crippen LogP contribution >= 0.6 is 0 Å². The highest BCUT2D eigenvalue weighted by Gasteiger charge is 2.31. The predicted molar refractivity (Wildman–Crippen MR) is 69.7 cm³/mol. The maximum Gasteiger partial charge on any atom is 0.0348 e. The minimum atomic E-state index is 0.589. The SMILES string of the molecule is CCNC(c1ccc(C(C)C)cc1)C1CC1. The fourth-order valence-electron chi connectivity index (χ4n) is 2.29. The summed E-state index contributed by atoms with van der Waals surface area (Å²) in [6.07, 6.45) is 2.78. The maximum absolute atomic E-state index is 3.61. The van der Waals surface area contributed by atoms with Gasteiger partial charge in [-0.15, -0.1) is 0 Å². The first kappa shape index (κ1) is 11.7. The van der Waals surface area contributed by atoms with E-state index in [0.717, 1.165) is 12.5 Å². The maximum atomic E-state index is 3.61. The standard InChI is InChI=1S/C15H23N/c1-4-16-15(14-9-10-14)13-7-5-12(6-8-13)11(2)3/h5-8,11,14-16H,4,9-10H2,1-3H3. The van der Waals surface area contributed by atoms with Crippen molar-refractivity contribution in [3.05, 3.63) is 35.4 Å². The summed E-state index contributed by atoms with van der Waals surface area (Å²) in [5, 5.41) is 3.61. The molecule has 2 rings (SSSR count). The molecule has 1 saturated carbocycles. The third-order valence-corrected chi connectivity index (χ3v) is 3.48. The molecule has 0 bridgehead atoms. The number of hydrogen-bond donors (Lipinski definition) is 1. The lowest BCUT2D eigenvalue weighted by Gasteiger charge is -2.18. The van der Waals surface area contributed by atoms with Crippen LogP contribution in [-0.2, 0) is 0 Å². The van der Waals surface area contributed by atoms with Gasteiger partial charge >= 0.3 is 0 Å². The molecule has 1 aliphatic rings. The molecule has 1 unspecified atom stereocenters. The first-order valence-electron chi connectivity index (χ1n) is 6.55. The quantitative estimate of drug-likeness (QED) is 0.789. The van der Waals surface area contributed by atoms with Gasteiger partial charge in [0.15, 0.2) is 0 Å². The highest BCUT2D eigenvalue weighted by atomic mass is 14.9. The first-order chi connectivity index (χ1) is 7.72. The van der Waals surface area contributed by atoms with Gasteiger partial charge in [0.25, 0.3) is 0 Å². The third-order valence-electron chi connectivity index (χ3n) is 3.48. The Hall–Kier alpha value is -0.820. The third kappa shape index (κ3) is 2.65. The molecule has 0 amide bonds. The number of benzene rings is 1. The zero-order chi connectivity index (χ0) is 11.5. The molecule has 0 radical (unpaired) electrons. The minimum absolute atomic E-state index is 0.589. The van der Waals surface area contributed by atoms with Crippen LogP contribution < -0.4 is 5.32 Å². The predicted octanol–water partition coefficient (Wildman–Crippen LogP) is 3.87. The number of nitrogens with one attached hydrogen (secondary N) is 1. The topological polar surface area (TPSA) is 12.0 Å². The lowest BCUT2D eigenvalue weighted by Crippen LogP contribution is -2.22. The Labute approximate surface area is 99.3 Å². The summed E-state index contributed by atoms with van der Waals surface area (Å²) in [4.78, 5) is 0. The average molecular weight is 217 g/mol. The van der Waals surface area contributed by atoms with Crippen LogP contribution in [0.4, 0.5) is 0 Å². The minimum Gasteiger partial charge on any atom is -0.310 e. The van der Waals surface area contributed by atoms with E-state index >= 15 is 0 Å². The summed E-state index contributed by atoms with van der Waals surface area (Å²) >= 11 is 0. The van der Waals surface area contributed by atoms with Crippen molar-refractivity contribution in [1.29, 1.82) is 0 Å². The van der Waals surface area contributed by atoms with Crippen molar-refractivity contribution in [2.45, 2.75) is 45.6 Å². The molecule has 0 aliphatic heterocycles. The van der Waals surface area contributed by atoms with Gasteiger partial charge in [-0.3, -0.25) is 0 Å². The Bertz CT molecular complexity index is 322. The van der Waals surface area contributed by atoms with Crippen LogP contribution in [0.15, 0.2) is 24.3 Å². The van der Waals surface area contributed by atoms with Crippen molar-refractivity contribution < 1.29 is 0 Å². The Morgan fingerprint density at radius 2 is 1.69 bits per heavy atom. The van der Waals surface area contributed by atoms with E-state index in [0.29, 0.717) is 12.0 Å². The fraction of sp³-hybridized carbons (Fsp3) is 0.600. The lowest BCUT2D eigenvalue weighted by molar-refractivity contribution is 0.496. The van der Waals surface area contributed by atoms with E-state index in [1.54, 1.807) is 0 Å². The van der Waals surface area contributed by atoms with Gasteiger partial charge in [-0.05, 0) is 42.3 Å². The molecule has 0 aromatic heterocycles. The second kappa shape index (κ2) is 5.01. The molecule has 1 N–H and O–H groups in total. The van der Waals surface area contributed by atoms with Crippen molar-refractivity contribution in [3.8, 4) is 0 Å². The molecule has 1 fully saturated rings. The summed E-state index contributed by atoms with van der Waals surface area (Å²) < 4.78 is 0. The summed E-state index contributed by atoms with van der Waals surface area (Å²) in [6.45, 7) is 7.75. The molecule has 0 spiro atoms. The molecule has 16 heavy (non-hydrogen) atoms. The van der Waals surface area contributed by atoms with Gasteiger partial charge < -0.3 is 5.32 Å². The van der Waals surface area contributed by atoms with E-state index in [1.807, 2.05) is 0 Å². The molecular formula is C15H23N. The summed E-state index contributed by atoms with van der Waals surface area (Å²) in [7, 11) is 0. The molecule has 88 valence electrons. The van der Waals surface area contributed by atoms with Gasteiger partial charge in [0.1, 0.15) is 0 Å². The van der Waals surface area contributed by atoms with Gasteiger partial charge in [-0.2, -0.15) is 0 Å². The van der Waals surface area contributed by atoms with E-state index < -0.39 is 0 Å². The lowest BCUT2D eigenvalue weighted by atomic mass is 9.97. The second-order valence-electron chi connectivity index (χ2n) is 5.19. The van der Waals surface area contributed by atoms with Crippen molar-refractivity contribution >= 4 is 0 Å². The molecule has 1 aliphatic carbocycles. The molecule has 1 heteroatoms. The van der Waals surface area contributed by atoms with Gasteiger partial charge in [0.2, 0.25) is 0 Å². The Balaban J connectivity index is 2.11. The van der Waals surface area contributed by atoms with E-state index in [1.165, 1.54) is 24.0 Å². The van der Waals surface area contributed by atoms with Gasteiger partial charge in [0, 0.05) is 6.04 Å². The van der Waals surface area contributed by atoms with Crippen LogP contribution in [-0.4, -0.2) is 6.54 Å². The zero-order valence-electron chi connectivity index (χ0n) is 10.7. The molecule has 0 heterocycles. The first-order valence-corrected chi connectivity index (χ1v) is 6.55. The molecule has 1 aromatic carbocycles. The van der Waals surface area contributed by atoms with Crippen LogP contribution in [0, 0.1) is 5.92 Å².